The SMILES string of the molecule is [2H]c1c([2H])c([2H])c2c(c1[2H])c1c([2H])c([2H])c([2H])c([2H])c1n2-c1ccc(-c2ccc3c4ccccc4c4ccccc4c3c2)cc1-c1nc(-c2ccccc2)nc(-c2ccc3c(c2)oc2ccccc23)n1. The van der Waals surface area contributed by atoms with E-state index >= 15 is 0 Å². The summed E-state index contributed by atoms with van der Waals surface area (Å²) in [6, 6.07) is 48.2. The monoisotopic (exact) mass is 798 g/mol. The molecule has 5 nitrogen and oxygen atoms in total. The molecule has 0 radical (unpaired) electrons. The van der Waals surface area contributed by atoms with Crippen molar-refractivity contribution in [3.63, 3.8) is 0 Å². The van der Waals surface area contributed by atoms with Crippen LogP contribution in [0.1, 0.15) is 11.0 Å². The van der Waals surface area contributed by atoms with Crippen LogP contribution in [0.25, 0.3) is 127 Å². The predicted octanol–water partition coefficient (Wildman–Crippen LogP) is 15.0. The van der Waals surface area contributed by atoms with E-state index in [1.807, 2.05) is 103 Å². The molecule has 0 saturated heterocycles. The molecule has 13 aromatic rings. The minimum absolute atomic E-state index is 0.0149. The first-order valence-electron chi connectivity index (χ1n) is 24.3. The molecule has 0 amide bonds. The van der Waals surface area contributed by atoms with Crippen molar-refractivity contribution in [2.75, 3.05) is 0 Å². The summed E-state index contributed by atoms with van der Waals surface area (Å²) in [6.45, 7) is 0. The largest absolute Gasteiger partial charge is 0.456 e. The highest BCUT2D eigenvalue weighted by atomic mass is 16.3. The van der Waals surface area contributed by atoms with Crippen LogP contribution in [-0.4, -0.2) is 19.5 Å². The lowest BCUT2D eigenvalue weighted by molar-refractivity contribution is 0.669. The van der Waals surface area contributed by atoms with Crippen molar-refractivity contribution in [2.45, 2.75) is 0 Å². The van der Waals surface area contributed by atoms with Crippen LogP contribution in [0.3, 0.4) is 0 Å². The third kappa shape index (κ3) is 5.32. The first-order valence-corrected chi connectivity index (χ1v) is 20.3. The van der Waals surface area contributed by atoms with Crippen LogP contribution < -0.4 is 0 Å². The zero-order valence-electron chi connectivity index (χ0n) is 40.7. The van der Waals surface area contributed by atoms with E-state index in [9.17, 15) is 2.74 Å². The molecule has 3 heterocycles. The Labute approximate surface area is 367 Å². The van der Waals surface area contributed by atoms with Gasteiger partial charge in [-0.25, -0.2) is 15.0 Å². The molecule has 0 unspecified atom stereocenters. The molecule has 0 atom stereocenters. The number of hydrogen-bond donors (Lipinski definition) is 0. The fourth-order valence-electron chi connectivity index (χ4n) is 9.05. The molecule has 0 spiro atoms. The average Bonchev–Trinajstić information content (AvgIpc) is 3.97. The standard InChI is InChI=1S/C57H34N4O/c1-2-14-35(15-3-1)55-58-56(38-27-30-47-46-22-10-13-25-53(46)62-54(47)34-38)60-57(59-55)49-33-37(28-31-52(49)61-50-23-11-8-20-44(50)45-21-9-12-24-51(45)61)36-26-29-43-41-18-5-4-16-39(41)40-17-6-7-19-42(40)48(43)32-36/h1-34H/i8D,9D,11D,12D,20D,21D,23D,24D. The van der Waals surface area contributed by atoms with Gasteiger partial charge in [-0.1, -0.05) is 158 Å². The van der Waals surface area contributed by atoms with Gasteiger partial charge >= 0.3 is 0 Å². The Morgan fingerprint density at radius 2 is 0.855 bits per heavy atom. The summed E-state index contributed by atoms with van der Waals surface area (Å²) in [5, 5.41) is 8.52. The van der Waals surface area contributed by atoms with Crippen LogP contribution in [0.5, 0.6) is 0 Å². The third-order valence-electron chi connectivity index (χ3n) is 11.9. The van der Waals surface area contributed by atoms with Crippen molar-refractivity contribution in [1.29, 1.82) is 0 Å². The molecule has 13 rings (SSSR count). The van der Waals surface area contributed by atoms with E-state index in [1.165, 1.54) is 4.57 Å². The molecule has 0 aliphatic carbocycles. The highest BCUT2D eigenvalue weighted by molar-refractivity contribution is 6.25. The first-order chi connectivity index (χ1) is 34.0. The van der Waals surface area contributed by atoms with E-state index in [0.29, 0.717) is 39.6 Å². The van der Waals surface area contributed by atoms with Gasteiger partial charge in [0.1, 0.15) is 11.2 Å². The molecule has 0 N–H and O–H groups in total. The van der Waals surface area contributed by atoms with E-state index in [4.69, 9.17) is 27.6 Å². The quantitative estimate of drug-likeness (QED) is 0.163. The van der Waals surface area contributed by atoms with Crippen LogP contribution >= 0.6 is 0 Å². The molecule has 5 heteroatoms. The minimum atomic E-state index is -0.521. The van der Waals surface area contributed by atoms with Crippen molar-refractivity contribution in [2.24, 2.45) is 0 Å². The maximum Gasteiger partial charge on any atom is 0.166 e. The Hall–Kier alpha value is -8.41. The Kier molecular flexibility index (Phi) is 5.99. The molecule has 10 aromatic carbocycles. The minimum Gasteiger partial charge on any atom is -0.456 e. The number of nitrogens with zero attached hydrogens (tertiary/aromatic N) is 4. The molecular formula is C57H34N4O. The molecule has 0 bridgehead atoms. The van der Waals surface area contributed by atoms with Crippen LogP contribution in [0, 0.1) is 0 Å². The molecule has 0 aliphatic rings. The molecular weight excluding hydrogens is 757 g/mol. The molecule has 62 heavy (non-hydrogen) atoms. The normalized spacial score (nSPS) is 13.7. The summed E-state index contributed by atoms with van der Waals surface area (Å²) in [4.78, 5) is 15.4. The van der Waals surface area contributed by atoms with Crippen molar-refractivity contribution in [3.8, 4) is 51.0 Å². The number of benzene rings is 10. The van der Waals surface area contributed by atoms with Gasteiger partial charge in [-0.15, -0.1) is 0 Å². The molecule has 0 aliphatic heterocycles. The fourth-order valence-corrected chi connectivity index (χ4v) is 9.05. The first kappa shape index (κ1) is 27.4. The van der Waals surface area contributed by atoms with Crippen molar-refractivity contribution >= 4 is 76.1 Å². The predicted molar refractivity (Wildman–Crippen MR) is 256 cm³/mol. The Bertz CT molecular complexity index is 4300. The van der Waals surface area contributed by atoms with Crippen molar-refractivity contribution in [1.82, 2.24) is 19.5 Å². The smallest absolute Gasteiger partial charge is 0.166 e. The number of hydrogen-bond acceptors (Lipinski definition) is 4. The zero-order chi connectivity index (χ0) is 47.7. The number of fused-ring (bicyclic) bond motifs is 12. The summed E-state index contributed by atoms with van der Waals surface area (Å²) in [5.74, 6) is 0.897. The summed E-state index contributed by atoms with van der Waals surface area (Å²) >= 11 is 0. The maximum absolute atomic E-state index is 9.37. The Balaban J connectivity index is 1.14. The van der Waals surface area contributed by atoms with E-state index in [1.54, 1.807) is 6.07 Å². The van der Waals surface area contributed by atoms with Crippen molar-refractivity contribution < 1.29 is 15.4 Å². The zero-order valence-corrected chi connectivity index (χ0v) is 32.7. The molecule has 0 saturated carbocycles. The van der Waals surface area contributed by atoms with Gasteiger partial charge in [-0.3, -0.25) is 0 Å². The van der Waals surface area contributed by atoms with Gasteiger partial charge in [0.15, 0.2) is 17.5 Å². The van der Waals surface area contributed by atoms with Crippen LogP contribution in [0.2, 0.25) is 0 Å². The lowest BCUT2D eigenvalue weighted by Gasteiger charge is -2.17. The molecule has 288 valence electrons. The number of aromatic nitrogens is 4. The maximum atomic E-state index is 9.37. The van der Waals surface area contributed by atoms with E-state index in [-0.39, 0.29) is 27.6 Å². The summed E-state index contributed by atoms with van der Waals surface area (Å²) in [5.41, 5.74) is 5.10. The van der Waals surface area contributed by atoms with Gasteiger partial charge in [-0.2, -0.15) is 0 Å². The average molecular weight is 799 g/mol. The van der Waals surface area contributed by atoms with E-state index in [0.717, 1.165) is 59.8 Å². The number of para-hydroxylation sites is 3. The van der Waals surface area contributed by atoms with Gasteiger partial charge < -0.3 is 8.98 Å². The van der Waals surface area contributed by atoms with Crippen LogP contribution in [0.15, 0.2) is 210 Å². The topological polar surface area (TPSA) is 56.7 Å². The second-order valence-electron chi connectivity index (χ2n) is 15.3. The summed E-state index contributed by atoms with van der Waals surface area (Å²) in [7, 11) is 0. The van der Waals surface area contributed by atoms with Crippen LogP contribution in [-0.2, 0) is 0 Å². The third-order valence-corrected chi connectivity index (χ3v) is 11.9. The molecule has 3 aromatic heterocycles. The highest BCUT2D eigenvalue weighted by Gasteiger charge is 2.21. The second-order valence-corrected chi connectivity index (χ2v) is 15.3. The summed E-state index contributed by atoms with van der Waals surface area (Å²) < 4.78 is 80.0. The van der Waals surface area contributed by atoms with Gasteiger partial charge in [0.25, 0.3) is 0 Å². The Morgan fingerprint density at radius 3 is 1.56 bits per heavy atom. The van der Waals surface area contributed by atoms with Gasteiger partial charge in [0.2, 0.25) is 0 Å². The lowest BCUT2D eigenvalue weighted by atomic mass is 9.91. The summed E-state index contributed by atoms with van der Waals surface area (Å²) in [6.07, 6.45) is 0. The van der Waals surface area contributed by atoms with Gasteiger partial charge in [-0.05, 0) is 91.9 Å². The lowest BCUT2D eigenvalue weighted by Crippen LogP contribution is -2.04. The highest BCUT2D eigenvalue weighted by Crippen LogP contribution is 2.41. The number of furan rings is 1. The van der Waals surface area contributed by atoms with Gasteiger partial charge in [0, 0.05) is 38.2 Å². The van der Waals surface area contributed by atoms with E-state index < -0.39 is 48.3 Å². The number of rotatable bonds is 5. The van der Waals surface area contributed by atoms with Crippen LogP contribution in [0.4, 0.5) is 0 Å². The fraction of sp³-hybridized carbons (Fsp3) is 0. The molecule has 0 fully saturated rings. The van der Waals surface area contributed by atoms with Crippen molar-refractivity contribution in [3.05, 3.63) is 206 Å². The van der Waals surface area contributed by atoms with E-state index in [2.05, 4.69) is 48.5 Å². The second kappa shape index (κ2) is 13.6. The van der Waals surface area contributed by atoms with Gasteiger partial charge in [0.05, 0.1) is 27.7 Å². The Morgan fingerprint density at radius 1 is 0.355 bits per heavy atom.